The predicted molar refractivity (Wildman–Crippen MR) is 102 cm³/mol. The van der Waals surface area contributed by atoms with Gasteiger partial charge < -0.3 is 4.74 Å². The maximum Gasteiger partial charge on any atom is 0.309 e. The van der Waals surface area contributed by atoms with Crippen molar-refractivity contribution < 1.29 is 22.1 Å². The Morgan fingerprint density at radius 2 is 1.93 bits per heavy atom. The average molecular weight is 397 g/mol. The standard InChI is InChI=1S/C21H32O5S/c1-13-5-6-16-15(12-25-27(4,23)24)17(8-10-20(13,16)2)21(3)9-7-14-11-18(21)19(22)26-14/h14-18H,1,5-12H2,2-4H3/t14-,15-,16-,17-,18+,20+,21+/m0/s1. The summed E-state index contributed by atoms with van der Waals surface area (Å²) < 4.78 is 34.4. The highest BCUT2D eigenvalue weighted by molar-refractivity contribution is 7.85. The van der Waals surface area contributed by atoms with E-state index in [9.17, 15) is 13.2 Å². The van der Waals surface area contributed by atoms with Gasteiger partial charge in [0.05, 0.1) is 18.8 Å². The molecular weight excluding hydrogens is 364 g/mol. The molecule has 0 amide bonds. The van der Waals surface area contributed by atoms with Crippen LogP contribution in [0.25, 0.3) is 0 Å². The number of allylic oxidation sites excluding steroid dienone is 1. The second-order valence-electron chi connectivity index (χ2n) is 9.86. The molecule has 1 heterocycles. The van der Waals surface area contributed by atoms with Crippen LogP contribution in [0.3, 0.4) is 0 Å². The van der Waals surface area contributed by atoms with Crippen LogP contribution in [0.4, 0.5) is 0 Å². The van der Waals surface area contributed by atoms with Crippen LogP contribution in [0.1, 0.15) is 58.8 Å². The van der Waals surface area contributed by atoms with Gasteiger partial charge in [0, 0.05) is 0 Å². The van der Waals surface area contributed by atoms with E-state index in [-0.39, 0.29) is 47.3 Å². The Balaban J connectivity index is 1.68. The molecule has 1 saturated heterocycles. The van der Waals surface area contributed by atoms with Crippen LogP contribution in [-0.2, 0) is 23.8 Å². The molecular formula is C21H32O5S. The third kappa shape index (κ3) is 3.07. The molecule has 4 rings (SSSR count). The van der Waals surface area contributed by atoms with Gasteiger partial charge in [0.2, 0.25) is 0 Å². The highest BCUT2D eigenvalue weighted by atomic mass is 32.2. The lowest BCUT2D eigenvalue weighted by Gasteiger charge is -2.54. The second kappa shape index (κ2) is 6.31. The highest BCUT2D eigenvalue weighted by Gasteiger charge is 2.60. The number of carbonyl (C=O) groups excluding carboxylic acids is 1. The molecule has 152 valence electrons. The van der Waals surface area contributed by atoms with Crippen LogP contribution >= 0.6 is 0 Å². The van der Waals surface area contributed by atoms with Crippen molar-refractivity contribution in [2.24, 2.45) is 34.5 Å². The van der Waals surface area contributed by atoms with E-state index in [1.54, 1.807) is 0 Å². The van der Waals surface area contributed by atoms with Crippen molar-refractivity contribution >= 4 is 16.1 Å². The zero-order chi connectivity index (χ0) is 19.6. The third-order valence-electron chi connectivity index (χ3n) is 8.58. The lowest BCUT2D eigenvalue weighted by atomic mass is 9.50. The minimum Gasteiger partial charge on any atom is -0.462 e. The van der Waals surface area contributed by atoms with E-state index in [2.05, 4.69) is 20.4 Å². The lowest BCUT2D eigenvalue weighted by molar-refractivity contribution is -0.147. The lowest BCUT2D eigenvalue weighted by Crippen LogP contribution is -2.51. The fourth-order valence-corrected chi connectivity index (χ4v) is 7.31. The first-order valence-corrected chi connectivity index (χ1v) is 12.1. The number of carbonyl (C=O) groups is 1. The van der Waals surface area contributed by atoms with Gasteiger partial charge >= 0.3 is 5.97 Å². The number of esters is 1. The Labute approximate surface area is 163 Å². The van der Waals surface area contributed by atoms with E-state index in [4.69, 9.17) is 8.92 Å². The number of hydrogen-bond donors (Lipinski definition) is 0. The summed E-state index contributed by atoms with van der Waals surface area (Å²) in [7, 11) is -3.50. The molecule has 6 heteroatoms. The molecule has 4 aliphatic rings. The summed E-state index contributed by atoms with van der Waals surface area (Å²) in [6.45, 7) is 9.08. The van der Waals surface area contributed by atoms with Crippen molar-refractivity contribution in [3.63, 3.8) is 0 Å². The van der Waals surface area contributed by atoms with Crippen LogP contribution < -0.4 is 0 Å². The van der Waals surface area contributed by atoms with Crippen LogP contribution in [0, 0.1) is 34.5 Å². The zero-order valence-electron chi connectivity index (χ0n) is 16.7. The van der Waals surface area contributed by atoms with E-state index < -0.39 is 10.1 Å². The number of fused-ring (bicyclic) bond motifs is 3. The average Bonchev–Trinajstić information content (AvgIpc) is 3.07. The van der Waals surface area contributed by atoms with E-state index in [1.165, 1.54) is 5.57 Å². The van der Waals surface area contributed by atoms with Gasteiger partial charge in [-0.25, -0.2) is 0 Å². The van der Waals surface area contributed by atoms with Gasteiger partial charge in [0.25, 0.3) is 10.1 Å². The van der Waals surface area contributed by atoms with Crippen LogP contribution in [-0.4, -0.2) is 33.4 Å². The van der Waals surface area contributed by atoms with E-state index in [1.807, 2.05) is 0 Å². The molecule has 5 nitrogen and oxygen atoms in total. The molecule has 4 fully saturated rings. The summed E-state index contributed by atoms with van der Waals surface area (Å²) in [6, 6.07) is 0. The molecule has 0 radical (unpaired) electrons. The van der Waals surface area contributed by atoms with Gasteiger partial charge in [-0.05, 0) is 73.5 Å². The molecule has 7 atom stereocenters. The monoisotopic (exact) mass is 396 g/mol. The Morgan fingerprint density at radius 3 is 2.63 bits per heavy atom. The molecule has 0 aromatic rings. The molecule has 0 spiro atoms. The summed E-state index contributed by atoms with van der Waals surface area (Å²) in [5, 5.41) is 0. The quantitative estimate of drug-likeness (QED) is 0.412. The first-order valence-electron chi connectivity index (χ1n) is 10.3. The first-order chi connectivity index (χ1) is 12.5. The normalized spacial score (nSPS) is 47.0. The number of ether oxygens (including phenoxy) is 1. The van der Waals surface area contributed by atoms with E-state index in [0.717, 1.165) is 51.2 Å². The Kier molecular flexibility index (Phi) is 4.54. The maximum atomic E-state index is 12.5. The molecule has 1 aliphatic heterocycles. The molecule has 3 saturated carbocycles. The second-order valence-corrected chi connectivity index (χ2v) is 11.5. The van der Waals surface area contributed by atoms with Crippen molar-refractivity contribution in [2.75, 3.05) is 12.9 Å². The molecule has 0 N–H and O–H groups in total. The van der Waals surface area contributed by atoms with Crippen LogP contribution in [0.15, 0.2) is 12.2 Å². The summed E-state index contributed by atoms with van der Waals surface area (Å²) in [6.07, 6.45) is 8.03. The Morgan fingerprint density at radius 1 is 1.19 bits per heavy atom. The Bertz CT molecular complexity index is 759. The summed E-state index contributed by atoms with van der Waals surface area (Å²) >= 11 is 0. The summed E-state index contributed by atoms with van der Waals surface area (Å²) in [5.74, 6) is 0.674. The van der Waals surface area contributed by atoms with Gasteiger partial charge in [-0.15, -0.1) is 0 Å². The van der Waals surface area contributed by atoms with E-state index >= 15 is 0 Å². The van der Waals surface area contributed by atoms with Crippen LogP contribution in [0.5, 0.6) is 0 Å². The van der Waals surface area contributed by atoms with Gasteiger partial charge in [0.1, 0.15) is 6.10 Å². The molecule has 0 aromatic carbocycles. The third-order valence-corrected chi connectivity index (χ3v) is 9.14. The van der Waals surface area contributed by atoms with E-state index in [0.29, 0.717) is 5.92 Å². The predicted octanol–water partition coefficient (Wildman–Crippen LogP) is 3.69. The highest BCUT2D eigenvalue weighted by Crippen LogP contribution is 2.64. The Hall–Kier alpha value is -0.880. The van der Waals surface area contributed by atoms with Crippen molar-refractivity contribution in [3.8, 4) is 0 Å². The van der Waals surface area contributed by atoms with Gasteiger partial charge in [-0.1, -0.05) is 26.0 Å². The zero-order valence-corrected chi connectivity index (χ0v) is 17.5. The largest absolute Gasteiger partial charge is 0.462 e. The first kappa shape index (κ1) is 19.4. The molecule has 0 unspecified atom stereocenters. The van der Waals surface area contributed by atoms with Crippen molar-refractivity contribution in [3.05, 3.63) is 12.2 Å². The van der Waals surface area contributed by atoms with Crippen molar-refractivity contribution in [2.45, 2.75) is 64.9 Å². The number of hydrogen-bond acceptors (Lipinski definition) is 5. The van der Waals surface area contributed by atoms with Gasteiger partial charge in [-0.2, -0.15) is 8.42 Å². The fraction of sp³-hybridized carbons (Fsp3) is 0.857. The summed E-state index contributed by atoms with van der Waals surface area (Å²) in [4.78, 5) is 12.5. The van der Waals surface area contributed by atoms with Gasteiger partial charge in [0.15, 0.2) is 0 Å². The summed E-state index contributed by atoms with van der Waals surface area (Å²) in [5.41, 5.74) is 1.22. The fourth-order valence-electron chi connectivity index (χ4n) is 6.91. The molecule has 2 bridgehead atoms. The molecule has 27 heavy (non-hydrogen) atoms. The smallest absolute Gasteiger partial charge is 0.309 e. The van der Waals surface area contributed by atoms with Crippen molar-refractivity contribution in [1.82, 2.24) is 0 Å². The SMILES string of the molecule is C=C1CC[C@H]2[C@H](COS(C)(=O)=O)[C@@H]([C@@]3(C)CC[C@H]4C[C@@H]3C(=O)O4)CC[C@]12C. The van der Waals surface area contributed by atoms with Gasteiger partial charge in [-0.3, -0.25) is 8.98 Å². The van der Waals surface area contributed by atoms with Crippen molar-refractivity contribution in [1.29, 1.82) is 0 Å². The van der Waals surface area contributed by atoms with Crippen LogP contribution in [0.2, 0.25) is 0 Å². The minimum atomic E-state index is -3.50. The molecule has 3 aliphatic carbocycles. The number of rotatable bonds is 4. The topological polar surface area (TPSA) is 69.7 Å². The molecule has 0 aromatic heterocycles. The maximum absolute atomic E-state index is 12.5. The minimum absolute atomic E-state index is 0.0491.